The van der Waals surface area contributed by atoms with E-state index in [1.54, 1.807) is 7.11 Å². The lowest BCUT2D eigenvalue weighted by Crippen LogP contribution is -2.63. The SMILES string of the molecule is COc1ccc2c3c1O[C@@H]1[C@H](O)[C@H](Cl)C=C4[C@H](C2)N(C)CC[C@]431. The predicted molar refractivity (Wildman–Crippen MR) is 87.6 cm³/mol. The number of ether oxygens (including phenoxy) is 2. The third kappa shape index (κ3) is 1.50. The summed E-state index contributed by atoms with van der Waals surface area (Å²) in [4.78, 5) is 2.40. The molecule has 2 aliphatic heterocycles. The number of piperidine rings is 1. The highest BCUT2D eigenvalue weighted by molar-refractivity contribution is 6.22. The number of likely N-dealkylation sites (N-methyl/N-ethyl adjacent to an activating group) is 1. The number of methoxy groups -OCH3 is 1. The van der Waals surface area contributed by atoms with Crippen LogP contribution in [-0.4, -0.2) is 54.3 Å². The Morgan fingerprint density at radius 1 is 1.43 bits per heavy atom. The lowest BCUT2D eigenvalue weighted by atomic mass is 9.56. The molecule has 0 aromatic heterocycles. The molecule has 122 valence electrons. The number of alkyl halides is 1. The van der Waals surface area contributed by atoms with Crippen LogP contribution in [0, 0.1) is 0 Å². The minimum absolute atomic E-state index is 0.237. The first-order chi connectivity index (χ1) is 11.1. The number of aliphatic hydroxyl groups excluding tert-OH is 1. The van der Waals surface area contributed by atoms with Gasteiger partial charge in [0.2, 0.25) is 0 Å². The molecule has 5 heteroatoms. The number of aliphatic hydroxyl groups is 1. The molecule has 0 saturated carbocycles. The highest BCUT2D eigenvalue weighted by atomic mass is 35.5. The van der Waals surface area contributed by atoms with Crippen molar-refractivity contribution in [2.75, 3.05) is 20.7 Å². The van der Waals surface area contributed by atoms with Gasteiger partial charge in [0.1, 0.15) is 12.2 Å². The first-order valence-electron chi connectivity index (χ1n) is 8.19. The summed E-state index contributed by atoms with van der Waals surface area (Å²) < 4.78 is 11.8. The van der Waals surface area contributed by atoms with Crippen molar-refractivity contribution in [3.8, 4) is 11.5 Å². The van der Waals surface area contributed by atoms with E-state index >= 15 is 0 Å². The van der Waals surface area contributed by atoms with Crippen molar-refractivity contribution in [3.63, 3.8) is 0 Å². The van der Waals surface area contributed by atoms with E-state index in [1.807, 2.05) is 6.07 Å². The predicted octanol–water partition coefficient (Wildman–Crippen LogP) is 1.86. The van der Waals surface area contributed by atoms with Gasteiger partial charge in [-0.3, -0.25) is 4.90 Å². The van der Waals surface area contributed by atoms with Crippen molar-refractivity contribution < 1.29 is 14.6 Å². The Kier molecular flexibility index (Phi) is 2.73. The molecule has 2 bridgehead atoms. The van der Waals surface area contributed by atoms with Crippen LogP contribution in [-0.2, 0) is 11.8 Å². The molecule has 4 aliphatic rings. The quantitative estimate of drug-likeness (QED) is 0.629. The van der Waals surface area contributed by atoms with Crippen molar-refractivity contribution >= 4 is 11.6 Å². The second-order valence-electron chi connectivity index (χ2n) is 7.15. The Hall–Kier alpha value is -1.23. The fraction of sp³-hybridized carbons (Fsp3) is 0.556. The largest absolute Gasteiger partial charge is 0.493 e. The van der Waals surface area contributed by atoms with Gasteiger partial charge in [0.15, 0.2) is 11.5 Å². The van der Waals surface area contributed by atoms with Gasteiger partial charge in [-0.05, 0) is 43.6 Å². The number of halogens is 1. The molecule has 5 atom stereocenters. The first kappa shape index (κ1) is 14.1. The molecule has 2 aliphatic carbocycles. The molecule has 1 N–H and O–H groups in total. The van der Waals surface area contributed by atoms with Crippen molar-refractivity contribution in [1.29, 1.82) is 0 Å². The minimum Gasteiger partial charge on any atom is -0.493 e. The Morgan fingerprint density at radius 3 is 3.04 bits per heavy atom. The molecule has 1 aromatic carbocycles. The summed E-state index contributed by atoms with van der Waals surface area (Å²) in [5.41, 5.74) is 3.65. The number of rotatable bonds is 1. The van der Waals surface area contributed by atoms with Gasteiger partial charge in [-0.1, -0.05) is 12.1 Å². The van der Waals surface area contributed by atoms with Gasteiger partial charge >= 0.3 is 0 Å². The van der Waals surface area contributed by atoms with Crippen LogP contribution < -0.4 is 9.47 Å². The van der Waals surface area contributed by atoms with Gasteiger partial charge in [-0.15, -0.1) is 11.6 Å². The van der Waals surface area contributed by atoms with E-state index in [4.69, 9.17) is 21.1 Å². The first-order valence-corrected chi connectivity index (χ1v) is 8.63. The zero-order valence-electron chi connectivity index (χ0n) is 13.3. The average Bonchev–Trinajstić information content (AvgIpc) is 2.89. The van der Waals surface area contributed by atoms with Crippen molar-refractivity contribution in [3.05, 3.63) is 34.9 Å². The maximum absolute atomic E-state index is 10.7. The zero-order chi connectivity index (χ0) is 15.9. The normalized spacial score (nSPS) is 40.3. The minimum atomic E-state index is -0.701. The standard InChI is InChI=1S/C18H20ClNO3/c1-20-6-5-18-10-8-11(19)15(21)17(18)23-16-13(22-2)4-3-9(14(16)18)7-12(10)20/h3-4,8,11-12,15,17,21H,5-7H2,1-2H3/t11-,12+,15-,17-,18+/m1/s1. The summed E-state index contributed by atoms with van der Waals surface area (Å²) in [5.74, 6) is 1.57. The molecule has 5 rings (SSSR count). The van der Waals surface area contributed by atoms with Gasteiger partial charge in [0.25, 0.3) is 0 Å². The summed E-state index contributed by atoms with van der Waals surface area (Å²) >= 11 is 6.44. The molecule has 23 heavy (non-hydrogen) atoms. The molecule has 1 spiro atoms. The van der Waals surface area contributed by atoms with Crippen LogP contribution in [0.5, 0.6) is 11.5 Å². The maximum Gasteiger partial charge on any atom is 0.166 e. The third-order valence-electron chi connectivity index (χ3n) is 6.26. The topological polar surface area (TPSA) is 41.9 Å². The van der Waals surface area contributed by atoms with Crippen molar-refractivity contribution in [1.82, 2.24) is 4.90 Å². The lowest BCUT2D eigenvalue weighted by molar-refractivity contribution is -0.0105. The van der Waals surface area contributed by atoms with E-state index in [2.05, 4.69) is 24.1 Å². The molecule has 1 saturated heterocycles. The highest BCUT2D eigenvalue weighted by Gasteiger charge is 2.63. The maximum atomic E-state index is 10.7. The van der Waals surface area contributed by atoms with E-state index < -0.39 is 11.5 Å². The summed E-state index contributed by atoms with van der Waals surface area (Å²) in [5, 5.41) is 10.3. The number of benzene rings is 1. The number of likely N-dealkylation sites (tertiary alicyclic amines) is 1. The Balaban J connectivity index is 1.84. The molecule has 0 amide bonds. The van der Waals surface area contributed by atoms with E-state index in [0.717, 1.165) is 30.9 Å². The average molecular weight is 334 g/mol. The number of hydrogen-bond donors (Lipinski definition) is 1. The van der Waals surface area contributed by atoms with Gasteiger partial charge in [0.05, 0.1) is 17.9 Å². The second kappa shape index (κ2) is 4.44. The third-order valence-corrected chi connectivity index (χ3v) is 6.64. The summed E-state index contributed by atoms with van der Waals surface area (Å²) in [7, 11) is 3.84. The molecule has 1 aromatic rings. The molecular weight excluding hydrogens is 314 g/mol. The molecule has 0 unspecified atom stereocenters. The van der Waals surface area contributed by atoms with Crippen LogP contribution in [0.4, 0.5) is 0 Å². The molecule has 0 radical (unpaired) electrons. The molecular formula is C18H20ClNO3. The van der Waals surface area contributed by atoms with E-state index in [1.165, 1.54) is 16.7 Å². The summed E-state index contributed by atoms with van der Waals surface area (Å²) in [6.45, 7) is 0.998. The zero-order valence-corrected chi connectivity index (χ0v) is 14.0. The lowest BCUT2D eigenvalue weighted by Gasteiger charge is -2.54. The van der Waals surface area contributed by atoms with Crippen LogP contribution in [0.1, 0.15) is 17.5 Å². The molecule has 4 nitrogen and oxygen atoms in total. The second-order valence-corrected chi connectivity index (χ2v) is 7.65. The summed E-state index contributed by atoms with van der Waals surface area (Å²) in [6.07, 6.45) is 2.99. The Bertz CT molecular complexity index is 733. The van der Waals surface area contributed by atoms with Crippen LogP contribution in [0.15, 0.2) is 23.8 Å². The highest BCUT2D eigenvalue weighted by Crippen LogP contribution is 2.62. The van der Waals surface area contributed by atoms with Crippen LogP contribution in [0.3, 0.4) is 0 Å². The summed E-state index contributed by atoms with van der Waals surface area (Å²) in [6, 6.07) is 4.49. The molecule has 1 fully saturated rings. The van der Waals surface area contributed by atoms with Gasteiger partial charge in [0, 0.05) is 11.6 Å². The smallest absolute Gasteiger partial charge is 0.166 e. The monoisotopic (exact) mass is 333 g/mol. The van der Waals surface area contributed by atoms with Crippen LogP contribution >= 0.6 is 11.6 Å². The van der Waals surface area contributed by atoms with E-state index in [-0.39, 0.29) is 11.5 Å². The van der Waals surface area contributed by atoms with Crippen molar-refractivity contribution in [2.24, 2.45) is 0 Å². The number of nitrogens with zero attached hydrogens (tertiary/aromatic N) is 1. The Labute approximate surface area is 140 Å². The fourth-order valence-corrected chi connectivity index (χ4v) is 5.47. The Morgan fingerprint density at radius 2 is 2.26 bits per heavy atom. The van der Waals surface area contributed by atoms with E-state index in [9.17, 15) is 5.11 Å². The van der Waals surface area contributed by atoms with Gasteiger partial charge < -0.3 is 14.6 Å². The van der Waals surface area contributed by atoms with Crippen LogP contribution in [0.25, 0.3) is 0 Å². The van der Waals surface area contributed by atoms with Gasteiger partial charge in [-0.2, -0.15) is 0 Å². The van der Waals surface area contributed by atoms with Crippen molar-refractivity contribution in [2.45, 2.75) is 41.9 Å². The van der Waals surface area contributed by atoms with Crippen LogP contribution in [0.2, 0.25) is 0 Å². The molecule has 2 heterocycles. The number of hydrogen-bond acceptors (Lipinski definition) is 4. The van der Waals surface area contributed by atoms with E-state index in [0.29, 0.717) is 6.04 Å². The fourth-order valence-electron chi connectivity index (χ4n) is 5.21. The van der Waals surface area contributed by atoms with Gasteiger partial charge in [-0.25, -0.2) is 0 Å².